The second-order valence-electron chi connectivity index (χ2n) is 9.18. The van der Waals surface area contributed by atoms with E-state index in [0.717, 1.165) is 12.0 Å². The maximum atomic E-state index is 14.7. The molecule has 1 fully saturated rings. The summed E-state index contributed by atoms with van der Waals surface area (Å²) in [7, 11) is 2.55. The first-order chi connectivity index (χ1) is 18.3. The molecule has 1 amide bonds. The number of hydrogen-bond donors (Lipinski definition) is 1. The number of benzene rings is 1. The van der Waals surface area contributed by atoms with Crippen LogP contribution in [-0.4, -0.2) is 65.0 Å². The van der Waals surface area contributed by atoms with Crippen molar-refractivity contribution in [2.45, 2.75) is 38.4 Å². The number of alkyl halides is 5. The summed E-state index contributed by atoms with van der Waals surface area (Å²) in [6.07, 6.45) is -4.62. The number of anilines is 1. The van der Waals surface area contributed by atoms with Crippen molar-refractivity contribution in [3.63, 3.8) is 0 Å². The van der Waals surface area contributed by atoms with Gasteiger partial charge in [-0.1, -0.05) is 19.1 Å². The largest absolute Gasteiger partial charge is 0.497 e. The van der Waals surface area contributed by atoms with Gasteiger partial charge in [0.15, 0.2) is 0 Å². The number of likely N-dealkylation sites (tertiary alicyclic amines) is 1. The number of nitrogens with one attached hydrogen (secondary N) is 1. The van der Waals surface area contributed by atoms with Gasteiger partial charge < -0.3 is 19.7 Å². The third kappa shape index (κ3) is 6.21. The molecule has 4 rings (SSSR count). The Labute approximate surface area is 225 Å². The second-order valence-corrected chi connectivity index (χ2v) is 10.4. The quantitative estimate of drug-likeness (QED) is 0.373. The molecule has 14 heteroatoms. The maximum Gasteiger partial charge on any atom is 0.423 e. The Bertz CT molecular complexity index is 1350. The van der Waals surface area contributed by atoms with Crippen molar-refractivity contribution >= 4 is 23.2 Å². The zero-order valence-corrected chi connectivity index (χ0v) is 22.3. The van der Waals surface area contributed by atoms with E-state index in [-0.39, 0.29) is 18.2 Å². The monoisotopic (exact) mass is 571 g/mol. The van der Waals surface area contributed by atoms with Crippen molar-refractivity contribution in [3.8, 4) is 22.1 Å². The van der Waals surface area contributed by atoms with Crippen LogP contribution in [0.2, 0.25) is 0 Å². The van der Waals surface area contributed by atoms with Gasteiger partial charge in [0.25, 0.3) is 11.8 Å². The first-order valence-corrected chi connectivity index (χ1v) is 12.7. The van der Waals surface area contributed by atoms with E-state index in [1.807, 2.05) is 0 Å². The molecule has 2 aromatic heterocycles. The molecule has 1 aromatic carbocycles. The lowest BCUT2D eigenvalue weighted by atomic mass is 9.88. The third-order valence-corrected chi connectivity index (χ3v) is 7.35. The van der Waals surface area contributed by atoms with Crippen LogP contribution in [-0.2, 0) is 6.18 Å². The number of carbonyl (C=O) groups is 1. The van der Waals surface area contributed by atoms with Gasteiger partial charge in [-0.15, -0.1) is 11.3 Å². The molecule has 8 nitrogen and oxygen atoms in total. The molecule has 0 bridgehead atoms. The molecule has 2 atom stereocenters. The van der Waals surface area contributed by atoms with Crippen molar-refractivity contribution in [1.82, 2.24) is 19.9 Å². The molecule has 0 spiro atoms. The molecule has 0 radical (unpaired) electrons. The standard InChI is InChI=1S/C25H26F5N5O3S/c1-13-9-24(26,27)12-35(18(13)11-32-23-31-10-17(25(28,29)30)21(34-23)38-4)22(36)19-20(39-14(2)33-19)15-6-5-7-16(8-15)37-3/h5-8,10,13,18H,9,11-12H2,1-4H3,(H,31,32,34). The fraction of sp³-hybridized carbons (Fsp3) is 0.440. The Morgan fingerprint density at radius 3 is 2.64 bits per heavy atom. The minimum atomic E-state index is -4.72. The number of nitrogens with zero attached hydrogens (tertiary/aromatic N) is 4. The van der Waals surface area contributed by atoms with Crippen LogP contribution >= 0.6 is 11.3 Å². The number of halogens is 5. The second kappa shape index (κ2) is 10.9. The maximum absolute atomic E-state index is 14.7. The van der Waals surface area contributed by atoms with Crippen LogP contribution in [0, 0.1) is 12.8 Å². The molecule has 0 saturated carbocycles. The smallest absolute Gasteiger partial charge is 0.423 e. The number of thiazole rings is 1. The molecule has 1 N–H and O–H groups in total. The third-order valence-electron chi connectivity index (χ3n) is 6.33. The van der Waals surface area contributed by atoms with Crippen LogP contribution in [0.1, 0.15) is 34.4 Å². The van der Waals surface area contributed by atoms with Gasteiger partial charge in [0.1, 0.15) is 17.0 Å². The van der Waals surface area contributed by atoms with Crippen molar-refractivity contribution in [2.24, 2.45) is 5.92 Å². The summed E-state index contributed by atoms with van der Waals surface area (Å²) in [5.74, 6) is -4.80. The Kier molecular flexibility index (Phi) is 7.96. The number of aryl methyl sites for hydroxylation is 1. The van der Waals surface area contributed by atoms with Crippen LogP contribution in [0.25, 0.3) is 10.4 Å². The number of aromatic nitrogens is 3. The topological polar surface area (TPSA) is 89.5 Å². The summed E-state index contributed by atoms with van der Waals surface area (Å²) in [6.45, 7) is 2.37. The van der Waals surface area contributed by atoms with Crippen molar-refractivity contribution in [3.05, 3.63) is 46.7 Å². The Morgan fingerprint density at radius 2 is 1.97 bits per heavy atom. The number of methoxy groups -OCH3 is 2. The van der Waals surface area contributed by atoms with Gasteiger partial charge in [0.05, 0.1) is 36.7 Å². The van der Waals surface area contributed by atoms with Crippen LogP contribution in [0.15, 0.2) is 30.5 Å². The molecular formula is C25H26F5N5O3S. The fourth-order valence-corrected chi connectivity index (χ4v) is 5.45. The predicted octanol–water partition coefficient (Wildman–Crippen LogP) is 5.54. The van der Waals surface area contributed by atoms with Gasteiger partial charge in [-0.25, -0.2) is 18.7 Å². The summed E-state index contributed by atoms with van der Waals surface area (Å²) < 4.78 is 78.9. The SMILES string of the molecule is COc1cccc(-c2sc(C)nc2C(=O)N2CC(F)(F)CC(C)C2CNc2ncc(C(F)(F)F)c(OC)n2)c1. The zero-order chi connectivity index (χ0) is 28.5. The summed E-state index contributed by atoms with van der Waals surface area (Å²) in [4.78, 5) is 27.2. The molecule has 1 aliphatic rings. The van der Waals surface area contributed by atoms with E-state index in [2.05, 4.69) is 20.3 Å². The van der Waals surface area contributed by atoms with E-state index in [4.69, 9.17) is 9.47 Å². The average Bonchev–Trinajstić information content (AvgIpc) is 3.27. The van der Waals surface area contributed by atoms with Gasteiger partial charge in [-0.3, -0.25) is 4.79 Å². The summed E-state index contributed by atoms with van der Waals surface area (Å²) >= 11 is 1.26. The lowest BCUT2D eigenvalue weighted by Gasteiger charge is -2.43. The number of hydrogen-bond acceptors (Lipinski definition) is 8. The Hall–Kier alpha value is -3.55. The lowest BCUT2D eigenvalue weighted by molar-refractivity contribution is -0.139. The Balaban J connectivity index is 1.64. The average molecular weight is 572 g/mol. The number of ether oxygens (including phenoxy) is 2. The molecule has 1 saturated heterocycles. The van der Waals surface area contributed by atoms with E-state index in [0.29, 0.717) is 27.4 Å². The first-order valence-electron chi connectivity index (χ1n) is 11.9. The normalized spacial score (nSPS) is 19.1. The summed E-state index contributed by atoms with van der Waals surface area (Å²) in [5.41, 5.74) is -0.463. The van der Waals surface area contributed by atoms with Crippen molar-refractivity contribution in [2.75, 3.05) is 32.6 Å². The van der Waals surface area contributed by atoms with E-state index < -0.39 is 54.4 Å². The van der Waals surface area contributed by atoms with Gasteiger partial charge >= 0.3 is 6.18 Å². The minimum absolute atomic E-state index is 0.0353. The highest BCUT2D eigenvalue weighted by Gasteiger charge is 2.47. The van der Waals surface area contributed by atoms with Gasteiger partial charge in [-0.05, 0) is 30.5 Å². The molecule has 210 valence electrons. The molecule has 3 heterocycles. The number of piperidine rings is 1. The highest BCUT2D eigenvalue weighted by atomic mass is 32.1. The lowest BCUT2D eigenvalue weighted by Crippen LogP contribution is -2.57. The van der Waals surface area contributed by atoms with Crippen LogP contribution in [0.5, 0.6) is 11.6 Å². The number of carbonyl (C=O) groups excluding carboxylic acids is 1. The van der Waals surface area contributed by atoms with Crippen LogP contribution in [0.3, 0.4) is 0 Å². The fourth-order valence-electron chi connectivity index (χ4n) is 4.54. The summed E-state index contributed by atoms with van der Waals surface area (Å²) in [6, 6.07) is 6.24. The molecule has 3 aromatic rings. The van der Waals surface area contributed by atoms with Crippen molar-refractivity contribution in [1.29, 1.82) is 0 Å². The van der Waals surface area contributed by atoms with E-state index in [1.54, 1.807) is 38.1 Å². The zero-order valence-electron chi connectivity index (χ0n) is 21.5. The highest BCUT2D eigenvalue weighted by molar-refractivity contribution is 7.15. The summed E-state index contributed by atoms with van der Waals surface area (Å²) in [5, 5.41) is 3.36. The highest BCUT2D eigenvalue weighted by Crippen LogP contribution is 2.39. The predicted molar refractivity (Wildman–Crippen MR) is 134 cm³/mol. The number of rotatable bonds is 7. The van der Waals surface area contributed by atoms with Crippen molar-refractivity contribution < 1.29 is 36.2 Å². The minimum Gasteiger partial charge on any atom is -0.497 e. The van der Waals surface area contributed by atoms with Crippen LogP contribution < -0.4 is 14.8 Å². The molecule has 0 aliphatic carbocycles. The molecule has 2 unspecified atom stereocenters. The van der Waals surface area contributed by atoms with Gasteiger partial charge in [-0.2, -0.15) is 18.2 Å². The number of amides is 1. The van der Waals surface area contributed by atoms with Gasteiger partial charge in [0, 0.05) is 19.2 Å². The first kappa shape index (κ1) is 28.5. The Morgan fingerprint density at radius 1 is 1.23 bits per heavy atom. The van der Waals surface area contributed by atoms with Crippen LogP contribution in [0.4, 0.5) is 27.9 Å². The van der Waals surface area contributed by atoms with E-state index in [1.165, 1.54) is 18.4 Å². The van der Waals surface area contributed by atoms with E-state index >= 15 is 0 Å². The molecular weight excluding hydrogens is 545 g/mol. The van der Waals surface area contributed by atoms with E-state index in [9.17, 15) is 26.7 Å². The van der Waals surface area contributed by atoms with Gasteiger partial charge in [0.2, 0.25) is 11.8 Å². The molecule has 39 heavy (non-hydrogen) atoms. The molecule has 1 aliphatic heterocycles.